The Morgan fingerprint density at radius 3 is 2.72 bits per heavy atom. The van der Waals surface area contributed by atoms with Crippen molar-refractivity contribution >= 4 is 17.7 Å². The summed E-state index contributed by atoms with van der Waals surface area (Å²) in [5.74, 6) is 0.597. The Labute approximate surface area is 185 Å². The van der Waals surface area contributed by atoms with Gasteiger partial charge in [-0.2, -0.15) is 0 Å². The summed E-state index contributed by atoms with van der Waals surface area (Å²) in [4.78, 5) is 40.5. The summed E-state index contributed by atoms with van der Waals surface area (Å²) in [5, 5.41) is 6.93. The molecule has 0 bridgehead atoms. The third-order valence-electron chi connectivity index (χ3n) is 6.53. The van der Waals surface area contributed by atoms with Crippen molar-refractivity contribution in [2.45, 2.75) is 45.6 Å². The summed E-state index contributed by atoms with van der Waals surface area (Å²) in [5.41, 5.74) is 2.76. The van der Waals surface area contributed by atoms with E-state index in [1.807, 2.05) is 42.7 Å². The Bertz CT molecular complexity index is 1270. The molecule has 0 unspecified atom stereocenters. The van der Waals surface area contributed by atoms with Gasteiger partial charge in [-0.15, -0.1) is 0 Å². The van der Waals surface area contributed by atoms with Crippen LogP contribution in [0, 0.1) is 20.8 Å². The van der Waals surface area contributed by atoms with E-state index in [2.05, 4.69) is 10.5 Å². The number of ketones is 1. The van der Waals surface area contributed by atoms with Gasteiger partial charge in [0.25, 0.3) is 5.91 Å². The highest BCUT2D eigenvalue weighted by molar-refractivity contribution is 6.12. The Morgan fingerprint density at radius 1 is 1.19 bits per heavy atom. The van der Waals surface area contributed by atoms with Crippen molar-refractivity contribution in [2.75, 3.05) is 6.54 Å². The first-order valence-corrected chi connectivity index (χ1v) is 10.7. The lowest BCUT2D eigenvalue weighted by Crippen LogP contribution is -2.46. The maximum absolute atomic E-state index is 13.5. The van der Waals surface area contributed by atoms with Gasteiger partial charge >= 0.3 is 6.03 Å². The smallest absolute Gasteiger partial charge is 0.325 e. The average molecular weight is 432 g/mol. The topological polar surface area (TPSA) is 97.4 Å². The van der Waals surface area contributed by atoms with E-state index in [1.165, 1.54) is 0 Å². The number of hydrogen-bond acceptors (Lipinski definition) is 5. The molecule has 1 fully saturated rings. The van der Waals surface area contributed by atoms with Crippen molar-refractivity contribution in [1.29, 1.82) is 0 Å². The lowest BCUT2D eigenvalue weighted by Gasteiger charge is -2.33. The molecule has 0 radical (unpaired) electrons. The number of amides is 3. The summed E-state index contributed by atoms with van der Waals surface area (Å²) in [7, 11) is 0. The van der Waals surface area contributed by atoms with Crippen LogP contribution in [0.5, 0.6) is 0 Å². The summed E-state index contributed by atoms with van der Waals surface area (Å²) >= 11 is 0. The molecule has 1 aromatic carbocycles. The number of rotatable bonds is 4. The highest BCUT2D eigenvalue weighted by Gasteiger charge is 2.54. The minimum Gasteiger partial charge on any atom is -0.360 e. The van der Waals surface area contributed by atoms with Crippen molar-refractivity contribution in [3.05, 3.63) is 70.2 Å². The van der Waals surface area contributed by atoms with E-state index in [4.69, 9.17) is 4.52 Å². The first-order valence-electron chi connectivity index (χ1n) is 10.7. The summed E-state index contributed by atoms with van der Waals surface area (Å²) in [6.07, 6.45) is 2.19. The minimum atomic E-state index is -1.08. The van der Waals surface area contributed by atoms with E-state index in [-0.39, 0.29) is 18.2 Å². The molecule has 1 atom stereocenters. The van der Waals surface area contributed by atoms with Crippen molar-refractivity contribution < 1.29 is 18.9 Å². The number of fused-ring (bicyclic) bond motifs is 2. The molecule has 1 spiro atoms. The number of hydrogen-bond donors (Lipinski definition) is 1. The van der Waals surface area contributed by atoms with E-state index >= 15 is 0 Å². The molecule has 2 aromatic heterocycles. The van der Waals surface area contributed by atoms with E-state index in [1.54, 1.807) is 19.1 Å². The predicted octanol–water partition coefficient (Wildman–Crippen LogP) is 3.36. The fraction of sp³-hybridized carbons (Fsp3) is 0.333. The van der Waals surface area contributed by atoms with Gasteiger partial charge in [0.1, 0.15) is 11.3 Å². The zero-order chi connectivity index (χ0) is 22.6. The fourth-order valence-electron chi connectivity index (χ4n) is 5.04. The zero-order valence-corrected chi connectivity index (χ0v) is 18.3. The molecule has 1 saturated heterocycles. The van der Waals surface area contributed by atoms with Gasteiger partial charge in [-0.25, -0.2) is 4.79 Å². The quantitative estimate of drug-likeness (QED) is 0.504. The second-order valence-corrected chi connectivity index (χ2v) is 8.58. The number of Topliss-reactive ketones (excluding diaryl/α,β-unsaturated/α-hetero) is 1. The van der Waals surface area contributed by atoms with Gasteiger partial charge < -0.3 is 9.84 Å². The number of carbonyl (C=O) groups excluding carboxylic acids is 3. The second-order valence-electron chi connectivity index (χ2n) is 8.58. The van der Waals surface area contributed by atoms with Gasteiger partial charge in [-0.05, 0) is 57.2 Å². The molecule has 1 N–H and O–H groups in total. The number of carbonyl (C=O) groups is 3. The SMILES string of the molecule is Cc1cc(-n2c(C)cc(C(=O)CN3C(=O)N[C@]4(CCCc5ccccc54)C3=O)c2C)no1. The van der Waals surface area contributed by atoms with Crippen LogP contribution in [-0.2, 0) is 16.8 Å². The second kappa shape index (κ2) is 7.19. The van der Waals surface area contributed by atoms with Crippen LogP contribution in [0.2, 0.25) is 0 Å². The summed E-state index contributed by atoms with van der Waals surface area (Å²) in [6, 6.07) is 10.7. The fourth-order valence-corrected chi connectivity index (χ4v) is 5.04. The number of nitrogens with one attached hydrogen (secondary N) is 1. The molecule has 8 nitrogen and oxygen atoms in total. The Hall–Kier alpha value is -3.68. The predicted molar refractivity (Wildman–Crippen MR) is 116 cm³/mol. The monoisotopic (exact) mass is 432 g/mol. The average Bonchev–Trinajstić information content (AvgIpc) is 3.39. The molecule has 2 aliphatic rings. The zero-order valence-electron chi connectivity index (χ0n) is 18.3. The van der Waals surface area contributed by atoms with Crippen molar-refractivity contribution in [3.8, 4) is 5.82 Å². The van der Waals surface area contributed by atoms with Crippen LogP contribution in [0.4, 0.5) is 4.79 Å². The van der Waals surface area contributed by atoms with Crippen LogP contribution < -0.4 is 5.32 Å². The van der Waals surface area contributed by atoms with E-state index in [9.17, 15) is 14.4 Å². The first kappa shape index (κ1) is 20.2. The molecular formula is C24H24N4O4. The minimum absolute atomic E-state index is 0.297. The molecule has 1 aliphatic heterocycles. The highest BCUT2D eigenvalue weighted by atomic mass is 16.5. The molecule has 3 amide bonds. The Balaban J connectivity index is 1.44. The van der Waals surface area contributed by atoms with Crippen molar-refractivity contribution in [1.82, 2.24) is 19.9 Å². The molecular weight excluding hydrogens is 408 g/mol. The number of nitrogens with zero attached hydrogens (tertiary/aromatic N) is 3. The first-order chi connectivity index (χ1) is 15.3. The van der Waals surface area contributed by atoms with Gasteiger partial charge in [0.15, 0.2) is 11.6 Å². The standard InChI is InChI=1S/C24H24N4O4/c1-14-11-18(16(3)28(14)21-12-15(2)32-26-21)20(29)13-27-22(30)24(25-23(27)31)10-6-8-17-7-4-5-9-19(17)24/h4-5,7,9,11-12H,6,8,10,13H2,1-3H3,(H,25,31)/t24-/m0/s1. The normalized spacial score (nSPS) is 20.0. The van der Waals surface area contributed by atoms with Crippen LogP contribution >= 0.6 is 0 Å². The van der Waals surface area contributed by atoms with E-state index < -0.39 is 11.6 Å². The van der Waals surface area contributed by atoms with E-state index in [0.29, 0.717) is 29.3 Å². The van der Waals surface area contributed by atoms with E-state index in [0.717, 1.165) is 34.6 Å². The number of benzene rings is 1. The molecule has 3 heterocycles. The van der Waals surface area contributed by atoms with Crippen LogP contribution in [-0.4, -0.2) is 38.9 Å². The van der Waals surface area contributed by atoms with Gasteiger partial charge in [-0.3, -0.25) is 19.1 Å². The lowest BCUT2D eigenvalue weighted by atomic mass is 9.76. The molecule has 5 rings (SSSR count). The van der Waals surface area contributed by atoms with Gasteiger partial charge in [-0.1, -0.05) is 29.4 Å². The molecule has 32 heavy (non-hydrogen) atoms. The van der Waals surface area contributed by atoms with Gasteiger partial charge in [0.05, 0.1) is 6.54 Å². The summed E-state index contributed by atoms with van der Waals surface area (Å²) < 4.78 is 6.99. The van der Waals surface area contributed by atoms with Crippen molar-refractivity contribution in [2.24, 2.45) is 0 Å². The molecule has 8 heteroatoms. The third-order valence-corrected chi connectivity index (χ3v) is 6.53. The molecule has 1 aliphatic carbocycles. The Morgan fingerprint density at radius 2 is 1.97 bits per heavy atom. The molecule has 3 aromatic rings. The Kier molecular flexibility index (Phi) is 4.54. The lowest BCUT2D eigenvalue weighted by molar-refractivity contribution is -0.131. The maximum Gasteiger partial charge on any atom is 0.325 e. The maximum atomic E-state index is 13.5. The highest BCUT2D eigenvalue weighted by Crippen LogP contribution is 2.40. The van der Waals surface area contributed by atoms with Crippen LogP contribution in [0.15, 0.2) is 40.9 Å². The van der Waals surface area contributed by atoms with Crippen LogP contribution in [0.25, 0.3) is 5.82 Å². The third kappa shape index (κ3) is 2.90. The molecule has 0 saturated carbocycles. The van der Waals surface area contributed by atoms with Crippen LogP contribution in [0.3, 0.4) is 0 Å². The molecule has 164 valence electrons. The number of aromatic nitrogens is 2. The summed E-state index contributed by atoms with van der Waals surface area (Å²) in [6.45, 7) is 5.18. The van der Waals surface area contributed by atoms with Crippen molar-refractivity contribution in [3.63, 3.8) is 0 Å². The number of urea groups is 1. The van der Waals surface area contributed by atoms with Gasteiger partial charge in [0, 0.05) is 23.0 Å². The number of aryl methyl sites for hydroxylation is 3. The largest absolute Gasteiger partial charge is 0.360 e. The van der Waals surface area contributed by atoms with Gasteiger partial charge in [0.2, 0.25) is 0 Å². The number of imide groups is 1. The van der Waals surface area contributed by atoms with Crippen LogP contribution in [0.1, 0.15) is 51.5 Å².